The van der Waals surface area contributed by atoms with Crippen LogP contribution in [0.25, 0.3) is 0 Å². The summed E-state index contributed by atoms with van der Waals surface area (Å²) in [6.45, 7) is 2.40. The second-order valence-corrected chi connectivity index (χ2v) is 5.87. The number of carboxylic acid groups (broad SMARTS) is 1. The van der Waals surface area contributed by atoms with Crippen LogP contribution in [-0.4, -0.2) is 51.2 Å². The maximum Gasteiger partial charge on any atom is 0.308 e. The summed E-state index contributed by atoms with van der Waals surface area (Å²) in [5.41, 5.74) is 0.129. The third kappa shape index (κ3) is 2.88. The number of aliphatic carboxylic acids is 1. The Morgan fingerprint density at radius 3 is 2.75 bits per heavy atom. The molecule has 2 atom stereocenters. The standard InChI is InChI=1S/C12H14ClN3O3S/c1-6-4-16(5-7(6)11(18)19)10(17)9-8(13)3-14-12(15-9)20-2/h3,6-7H,4-5H2,1-2H3,(H,18,19)/t6-,7-/m1/s1. The molecular weight excluding hydrogens is 302 g/mol. The van der Waals surface area contributed by atoms with Gasteiger partial charge in [-0.2, -0.15) is 0 Å². The lowest BCUT2D eigenvalue weighted by Gasteiger charge is -2.16. The Hall–Kier alpha value is -1.34. The Labute approximate surface area is 125 Å². The maximum absolute atomic E-state index is 12.4. The number of thioether (sulfide) groups is 1. The number of carboxylic acids is 1. The van der Waals surface area contributed by atoms with Crippen molar-refractivity contribution in [1.82, 2.24) is 14.9 Å². The van der Waals surface area contributed by atoms with E-state index in [1.54, 1.807) is 6.26 Å². The number of hydrogen-bond donors (Lipinski definition) is 1. The third-order valence-corrected chi connectivity index (χ3v) is 4.16. The van der Waals surface area contributed by atoms with Crippen LogP contribution in [0, 0.1) is 11.8 Å². The first kappa shape index (κ1) is 15.1. The van der Waals surface area contributed by atoms with Crippen molar-refractivity contribution < 1.29 is 14.7 Å². The summed E-state index contributed by atoms with van der Waals surface area (Å²) in [6, 6.07) is 0. The number of hydrogen-bond acceptors (Lipinski definition) is 5. The van der Waals surface area contributed by atoms with Crippen LogP contribution in [-0.2, 0) is 4.79 Å². The molecular formula is C12H14ClN3O3S. The SMILES string of the molecule is CSc1ncc(Cl)c(C(=O)N2C[C@@H](C)[C@H](C(=O)O)C2)n1. The van der Waals surface area contributed by atoms with Crippen LogP contribution in [0.3, 0.4) is 0 Å². The molecule has 6 nitrogen and oxygen atoms in total. The van der Waals surface area contributed by atoms with Gasteiger partial charge in [0.2, 0.25) is 0 Å². The molecule has 0 aromatic carbocycles. The average Bonchev–Trinajstić information content (AvgIpc) is 2.81. The second kappa shape index (κ2) is 5.97. The zero-order chi connectivity index (χ0) is 14.9. The lowest BCUT2D eigenvalue weighted by molar-refractivity contribution is -0.142. The van der Waals surface area contributed by atoms with E-state index in [2.05, 4.69) is 9.97 Å². The van der Waals surface area contributed by atoms with Gasteiger partial charge < -0.3 is 10.0 Å². The molecule has 2 heterocycles. The lowest BCUT2D eigenvalue weighted by Crippen LogP contribution is -2.31. The second-order valence-electron chi connectivity index (χ2n) is 4.69. The van der Waals surface area contributed by atoms with E-state index in [4.69, 9.17) is 16.7 Å². The van der Waals surface area contributed by atoms with Gasteiger partial charge in [0, 0.05) is 13.1 Å². The van der Waals surface area contributed by atoms with Crippen molar-refractivity contribution in [2.45, 2.75) is 12.1 Å². The molecule has 2 rings (SSSR count). The highest BCUT2D eigenvalue weighted by Gasteiger charge is 2.38. The molecule has 1 aliphatic rings. The Balaban J connectivity index is 2.22. The van der Waals surface area contributed by atoms with Crippen LogP contribution < -0.4 is 0 Å². The Bertz CT molecular complexity index is 555. The van der Waals surface area contributed by atoms with E-state index in [9.17, 15) is 9.59 Å². The van der Waals surface area contributed by atoms with Crippen LogP contribution >= 0.6 is 23.4 Å². The molecule has 0 bridgehead atoms. The topological polar surface area (TPSA) is 83.4 Å². The van der Waals surface area contributed by atoms with Crippen molar-refractivity contribution in [3.8, 4) is 0 Å². The number of aromatic nitrogens is 2. The van der Waals surface area contributed by atoms with Crippen LogP contribution in [0.4, 0.5) is 0 Å². The average molecular weight is 316 g/mol. The van der Waals surface area contributed by atoms with Crippen LogP contribution in [0.1, 0.15) is 17.4 Å². The third-order valence-electron chi connectivity index (χ3n) is 3.32. The van der Waals surface area contributed by atoms with Crippen LogP contribution in [0.2, 0.25) is 5.02 Å². The van der Waals surface area contributed by atoms with Gasteiger partial charge >= 0.3 is 5.97 Å². The minimum Gasteiger partial charge on any atom is -0.481 e. The fourth-order valence-electron chi connectivity index (χ4n) is 2.20. The van der Waals surface area contributed by atoms with E-state index in [0.717, 1.165) is 0 Å². The number of rotatable bonds is 3. The smallest absolute Gasteiger partial charge is 0.308 e. The molecule has 1 fully saturated rings. The van der Waals surface area contributed by atoms with Crippen molar-refractivity contribution in [2.75, 3.05) is 19.3 Å². The number of nitrogens with zero attached hydrogens (tertiary/aromatic N) is 3. The van der Waals surface area contributed by atoms with E-state index in [1.165, 1.54) is 22.9 Å². The highest BCUT2D eigenvalue weighted by atomic mass is 35.5. The van der Waals surface area contributed by atoms with Gasteiger partial charge in [0.15, 0.2) is 10.9 Å². The van der Waals surface area contributed by atoms with Gasteiger partial charge in [-0.25, -0.2) is 9.97 Å². The Morgan fingerprint density at radius 2 is 2.20 bits per heavy atom. The normalized spacial score (nSPS) is 22.1. The summed E-state index contributed by atoms with van der Waals surface area (Å²) < 4.78 is 0. The van der Waals surface area contributed by atoms with Gasteiger partial charge in [0.25, 0.3) is 5.91 Å². The summed E-state index contributed by atoms with van der Waals surface area (Å²) in [6.07, 6.45) is 3.19. The highest BCUT2D eigenvalue weighted by molar-refractivity contribution is 7.98. The summed E-state index contributed by atoms with van der Waals surface area (Å²) in [5, 5.41) is 9.74. The minimum absolute atomic E-state index is 0.0860. The Kier molecular flexibility index (Phi) is 4.49. The lowest BCUT2D eigenvalue weighted by atomic mass is 9.99. The summed E-state index contributed by atoms with van der Waals surface area (Å²) in [4.78, 5) is 33.1. The van der Waals surface area contributed by atoms with Gasteiger partial charge in [0.1, 0.15) is 0 Å². The highest BCUT2D eigenvalue weighted by Crippen LogP contribution is 2.26. The van der Waals surface area contributed by atoms with Gasteiger partial charge in [-0.05, 0) is 12.2 Å². The van der Waals surface area contributed by atoms with E-state index < -0.39 is 11.9 Å². The first-order valence-corrected chi connectivity index (χ1v) is 7.63. The van der Waals surface area contributed by atoms with Crippen molar-refractivity contribution in [3.63, 3.8) is 0 Å². The molecule has 0 aliphatic carbocycles. The zero-order valence-corrected chi connectivity index (χ0v) is 12.6. The molecule has 1 saturated heterocycles. The number of likely N-dealkylation sites (tertiary alicyclic amines) is 1. The monoisotopic (exact) mass is 315 g/mol. The molecule has 0 unspecified atom stereocenters. The van der Waals surface area contributed by atoms with Crippen molar-refractivity contribution in [1.29, 1.82) is 0 Å². The molecule has 8 heteroatoms. The van der Waals surface area contributed by atoms with Crippen molar-refractivity contribution >= 4 is 35.2 Å². The molecule has 20 heavy (non-hydrogen) atoms. The van der Waals surface area contributed by atoms with E-state index >= 15 is 0 Å². The first-order chi connectivity index (χ1) is 9.43. The molecule has 108 valence electrons. The van der Waals surface area contributed by atoms with Gasteiger partial charge in [-0.3, -0.25) is 9.59 Å². The predicted molar refractivity (Wildman–Crippen MR) is 75.0 cm³/mol. The number of carbonyl (C=O) groups excluding carboxylic acids is 1. The van der Waals surface area contributed by atoms with E-state index in [1.807, 2.05) is 6.92 Å². The van der Waals surface area contributed by atoms with E-state index in [-0.39, 0.29) is 29.1 Å². The predicted octanol–water partition coefficient (Wildman–Crippen LogP) is 1.64. The summed E-state index contributed by atoms with van der Waals surface area (Å²) in [5.74, 6) is -1.86. The van der Waals surface area contributed by atoms with Crippen molar-refractivity contribution in [3.05, 3.63) is 16.9 Å². The number of amides is 1. The van der Waals surface area contributed by atoms with Crippen LogP contribution in [0.5, 0.6) is 0 Å². The first-order valence-electron chi connectivity index (χ1n) is 6.02. The van der Waals surface area contributed by atoms with E-state index in [0.29, 0.717) is 11.7 Å². The fourth-order valence-corrected chi connectivity index (χ4v) is 2.72. The molecule has 0 radical (unpaired) electrons. The minimum atomic E-state index is -0.883. The van der Waals surface area contributed by atoms with Gasteiger partial charge in [-0.15, -0.1) is 0 Å². The largest absolute Gasteiger partial charge is 0.481 e. The fraction of sp³-hybridized carbons (Fsp3) is 0.500. The maximum atomic E-state index is 12.4. The van der Waals surface area contributed by atoms with Crippen molar-refractivity contribution in [2.24, 2.45) is 11.8 Å². The van der Waals surface area contributed by atoms with Gasteiger partial charge in [0.05, 0.1) is 17.1 Å². The number of carbonyl (C=O) groups is 2. The molecule has 1 aromatic heterocycles. The Morgan fingerprint density at radius 1 is 1.50 bits per heavy atom. The molecule has 0 saturated carbocycles. The molecule has 1 aliphatic heterocycles. The molecule has 0 spiro atoms. The number of halogens is 1. The van der Waals surface area contributed by atoms with Gasteiger partial charge in [-0.1, -0.05) is 30.3 Å². The summed E-state index contributed by atoms with van der Waals surface area (Å²) in [7, 11) is 0. The molecule has 1 N–H and O–H groups in total. The molecule has 1 amide bonds. The van der Waals surface area contributed by atoms with Crippen LogP contribution in [0.15, 0.2) is 11.4 Å². The summed E-state index contributed by atoms with van der Waals surface area (Å²) >= 11 is 7.28. The quantitative estimate of drug-likeness (QED) is 0.674. The molecule has 1 aromatic rings. The zero-order valence-electron chi connectivity index (χ0n) is 11.0.